The molecule has 0 saturated heterocycles. The number of tetrazole rings is 1. The van der Waals surface area contributed by atoms with Crippen LogP contribution in [-0.4, -0.2) is 56.3 Å². The van der Waals surface area contributed by atoms with Crippen LogP contribution in [0, 0.1) is 0 Å². The SMILES string of the molecule is CCCCn1nnnc1CN(CCO)CC(F)F. The second-order valence-corrected chi connectivity index (χ2v) is 4.02. The molecule has 1 aromatic heterocycles. The second-order valence-electron chi connectivity index (χ2n) is 4.02. The van der Waals surface area contributed by atoms with Gasteiger partial charge in [0.15, 0.2) is 5.82 Å². The van der Waals surface area contributed by atoms with Crippen molar-refractivity contribution in [2.24, 2.45) is 0 Å². The fourth-order valence-corrected chi connectivity index (χ4v) is 1.59. The maximum absolute atomic E-state index is 12.4. The third kappa shape index (κ3) is 5.01. The van der Waals surface area contributed by atoms with Gasteiger partial charge in [0.05, 0.1) is 19.7 Å². The van der Waals surface area contributed by atoms with Gasteiger partial charge in [0, 0.05) is 13.1 Å². The molecule has 0 unspecified atom stereocenters. The van der Waals surface area contributed by atoms with Crippen molar-refractivity contribution in [1.82, 2.24) is 25.1 Å². The standard InChI is InChI=1S/C10H19F2N5O/c1-2-3-4-17-10(13-14-15-17)8-16(5-6-18)7-9(11)12/h9,18H,2-8H2,1H3. The van der Waals surface area contributed by atoms with Crippen LogP contribution in [-0.2, 0) is 13.1 Å². The van der Waals surface area contributed by atoms with Crippen molar-refractivity contribution >= 4 is 0 Å². The monoisotopic (exact) mass is 263 g/mol. The van der Waals surface area contributed by atoms with Crippen molar-refractivity contribution in [2.45, 2.75) is 39.3 Å². The smallest absolute Gasteiger partial charge is 0.251 e. The molecule has 0 aliphatic heterocycles. The molecule has 104 valence electrons. The van der Waals surface area contributed by atoms with Crippen LogP contribution in [0.25, 0.3) is 0 Å². The number of aliphatic hydroxyl groups excluding tert-OH is 1. The Balaban J connectivity index is 2.59. The lowest BCUT2D eigenvalue weighted by Crippen LogP contribution is -2.32. The topological polar surface area (TPSA) is 67.1 Å². The summed E-state index contributed by atoms with van der Waals surface area (Å²) in [6.07, 6.45) is -0.486. The molecule has 0 spiro atoms. The van der Waals surface area contributed by atoms with Gasteiger partial charge in [-0.05, 0) is 16.8 Å². The van der Waals surface area contributed by atoms with Gasteiger partial charge < -0.3 is 5.11 Å². The van der Waals surface area contributed by atoms with Crippen molar-refractivity contribution in [3.05, 3.63) is 5.82 Å². The maximum Gasteiger partial charge on any atom is 0.251 e. The van der Waals surface area contributed by atoms with Crippen LogP contribution in [0.2, 0.25) is 0 Å². The minimum atomic E-state index is -2.43. The highest BCUT2D eigenvalue weighted by Gasteiger charge is 2.15. The van der Waals surface area contributed by atoms with Gasteiger partial charge in [0.25, 0.3) is 6.43 Å². The molecule has 1 N–H and O–H groups in total. The molecular formula is C10H19F2N5O. The quantitative estimate of drug-likeness (QED) is 0.704. The van der Waals surface area contributed by atoms with E-state index in [0.717, 1.165) is 12.8 Å². The zero-order valence-corrected chi connectivity index (χ0v) is 10.5. The lowest BCUT2D eigenvalue weighted by Gasteiger charge is -2.19. The predicted octanol–water partition coefficient (Wildman–Crippen LogP) is 0.533. The first-order chi connectivity index (χ1) is 8.67. The minimum Gasteiger partial charge on any atom is -0.395 e. The van der Waals surface area contributed by atoms with Gasteiger partial charge in [0.2, 0.25) is 0 Å². The van der Waals surface area contributed by atoms with E-state index in [9.17, 15) is 8.78 Å². The molecule has 0 radical (unpaired) electrons. The van der Waals surface area contributed by atoms with Gasteiger partial charge in [-0.2, -0.15) is 0 Å². The fourth-order valence-electron chi connectivity index (χ4n) is 1.59. The summed E-state index contributed by atoms with van der Waals surface area (Å²) in [5.41, 5.74) is 0. The van der Waals surface area contributed by atoms with Crippen LogP contribution in [0.15, 0.2) is 0 Å². The zero-order chi connectivity index (χ0) is 13.4. The lowest BCUT2D eigenvalue weighted by molar-refractivity contribution is 0.0725. The molecule has 0 saturated carbocycles. The first kappa shape index (κ1) is 14.9. The van der Waals surface area contributed by atoms with Gasteiger partial charge in [-0.25, -0.2) is 13.5 Å². The summed E-state index contributed by atoms with van der Waals surface area (Å²) in [5.74, 6) is 0.553. The van der Waals surface area contributed by atoms with Gasteiger partial charge in [-0.1, -0.05) is 13.3 Å². The Bertz CT molecular complexity index is 334. The van der Waals surface area contributed by atoms with Crippen molar-refractivity contribution < 1.29 is 13.9 Å². The fraction of sp³-hybridized carbons (Fsp3) is 0.900. The molecule has 0 aliphatic rings. The first-order valence-electron chi connectivity index (χ1n) is 6.03. The zero-order valence-electron chi connectivity index (χ0n) is 10.5. The van der Waals surface area contributed by atoms with E-state index in [0.29, 0.717) is 12.4 Å². The molecular weight excluding hydrogens is 244 g/mol. The number of aromatic nitrogens is 4. The van der Waals surface area contributed by atoms with Gasteiger partial charge >= 0.3 is 0 Å². The van der Waals surface area contributed by atoms with E-state index in [-0.39, 0.29) is 26.2 Å². The summed E-state index contributed by atoms with van der Waals surface area (Å²) >= 11 is 0. The third-order valence-corrected chi connectivity index (χ3v) is 2.51. The van der Waals surface area contributed by atoms with Gasteiger partial charge in [-0.3, -0.25) is 4.90 Å². The Labute approximate surface area is 105 Å². The number of hydrogen-bond donors (Lipinski definition) is 1. The first-order valence-corrected chi connectivity index (χ1v) is 6.03. The van der Waals surface area contributed by atoms with Crippen LogP contribution >= 0.6 is 0 Å². The molecule has 1 aromatic rings. The predicted molar refractivity (Wildman–Crippen MR) is 61.1 cm³/mol. The summed E-state index contributed by atoms with van der Waals surface area (Å²) in [5, 5.41) is 20.1. The number of nitrogens with zero attached hydrogens (tertiary/aromatic N) is 5. The average Bonchev–Trinajstić information content (AvgIpc) is 2.73. The van der Waals surface area contributed by atoms with Crippen LogP contribution in [0.5, 0.6) is 0 Å². The largest absolute Gasteiger partial charge is 0.395 e. The van der Waals surface area contributed by atoms with Crippen LogP contribution in [0.3, 0.4) is 0 Å². The van der Waals surface area contributed by atoms with Crippen molar-refractivity contribution in [1.29, 1.82) is 0 Å². The highest BCUT2D eigenvalue weighted by molar-refractivity contribution is 4.81. The van der Waals surface area contributed by atoms with E-state index in [1.807, 2.05) is 0 Å². The molecule has 1 rings (SSSR count). The number of aryl methyl sites for hydroxylation is 1. The van der Waals surface area contributed by atoms with Crippen LogP contribution in [0.4, 0.5) is 8.78 Å². The number of hydrogen-bond acceptors (Lipinski definition) is 5. The Morgan fingerprint density at radius 1 is 1.44 bits per heavy atom. The van der Waals surface area contributed by atoms with E-state index in [1.165, 1.54) is 4.90 Å². The van der Waals surface area contributed by atoms with E-state index < -0.39 is 6.43 Å². The van der Waals surface area contributed by atoms with E-state index in [2.05, 4.69) is 22.4 Å². The summed E-state index contributed by atoms with van der Waals surface area (Å²) in [6, 6.07) is 0. The Kier molecular flexibility index (Phi) is 6.66. The van der Waals surface area contributed by atoms with Gasteiger partial charge in [-0.15, -0.1) is 5.10 Å². The molecule has 8 heteroatoms. The minimum absolute atomic E-state index is 0.163. The Morgan fingerprint density at radius 2 is 2.22 bits per heavy atom. The Morgan fingerprint density at radius 3 is 2.83 bits per heavy atom. The van der Waals surface area contributed by atoms with Crippen molar-refractivity contribution in [3.8, 4) is 0 Å². The molecule has 6 nitrogen and oxygen atoms in total. The normalized spacial score (nSPS) is 11.7. The number of alkyl halides is 2. The molecule has 1 heterocycles. The highest BCUT2D eigenvalue weighted by atomic mass is 19.3. The van der Waals surface area contributed by atoms with E-state index in [4.69, 9.17) is 5.11 Å². The lowest BCUT2D eigenvalue weighted by atomic mass is 10.3. The second kappa shape index (κ2) is 8.04. The molecule has 0 bridgehead atoms. The van der Waals surface area contributed by atoms with Crippen LogP contribution in [0.1, 0.15) is 25.6 Å². The van der Waals surface area contributed by atoms with Crippen LogP contribution < -0.4 is 0 Å². The molecule has 0 aromatic carbocycles. The van der Waals surface area contributed by atoms with Crippen molar-refractivity contribution in [3.63, 3.8) is 0 Å². The number of aliphatic hydroxyl groups is 1. The maximum atomic E-state index is 12.4. The molecule has 0 fully saturated rings. The Hall–Kier alpha value is -1.15. The average molecular weight is 263 g/mol. The molecule has 18 heavy (non-hydrogen) atoms. The number of rotatable bonds is 9. The molecule has 0 aliphatic carbocycles. The van der Waals surface area contributed by atoms with Crippen molar-refractivity contribution in [2.75, 3.05) is 19.7 Å². The number of unbranched alkanes of at least 4 members (excludes halogenated alkanes) is 1. The van der Waals surface area contributed by atoms with E-state index in [1.54, 1.807) is 4.68 Å². The summed E-state index contributed by atoms with van der Waals surface area (Å²) in [6.45, 7) is 2.59. The van der Waals surface area contributed by atoms with Gasteiger partial charge in [0.1, 0.15) is 0 Å². The van der Waals surface area contributed by atoms with E-state index >= 15 is 0 Å². The highest BCUT2D eigenvalue weighted by Crippen LogP contribution is 2.05. The summed E-state index contributed by atoms with van der Waals surface area (Å²) < 4.78 is 26.3. The summed E-state index contributed by atoms with van der Waals surface area (Å²) in [4.78, 5) is 1.44. The third-order valence-electron chi connectivity index (χ3n) is 2.51. The number of halogens is 2. The summed E-state index contributed by atoms with van der Waals surface area (Å²) in [7, 11) is 0. The molecule has 0 amide bonds. The molecule has 0 atom stereocenters.